The molecular weight excluding hydrogens is 574 g/mol. The number of hydrogen-bond donors (Lipinski definition) is 1. The van der Waals surface area contributed by atoms with Crippen molar-refractivity contribution >= 4 is 27.5 Å². The first-order valence-electron chi connectivity index (χ1n) is 14.6. The Morgan fingerprint density at radius 3 is 2.00 bits per heavy atom. The third-order valence-corrected chi connectivity index (χ3v) is 8.42. The van der Waals surface area contributed by atoms with Crippen LogP contribution in [0.4, 0.5) is 5.69 Å². The number of carbonyl (C=O) groups excluding carboxylic acids is 2. The van der Waals surface area contributed by atoms with E-state index in [4.69, 9.17) is 4.74 Å². The number of ether oxygens (including phenoxy) is 1. The van der Waals surface area contributed by atoms with Gasteiger partial charge in [-0.2, -0.15) is 0 Å². The van der Waals surface area contributed by atoms with Crippen molar-refractivity contribution in [2.24, 2.45) is 0 Å². The van der Waals surface area contributed by atoms with E-state index in [1.54, 1.807) is 24.3 Å². The van der Waals surface area contributed by atoms with Gasteiger partial charge in [0.25, 0.3) is 0 Å². The molecule has 4 aromatic rings. The van der Waals surface area contributed by atoms with Gasteiger partial charge in [-0.05, 0) is 60.4 Å². The normalized spacial score (nSPS) is 11.8. The summed E-state index contributed by atoms with van der Waals surface area (Å²) in [6, 6.07) is 32.6. The summed E-state index contributed by atoms with van der Waals surface area (Å²) in [7, 11) is -3.87. The van der Waals surface area contributed by atoms with E-state index < -0.39 is 28.5 Å². The van der Waals surface area contributed by atoms with Crippen LogP contribution in [-0.4, -0.2) is 50.5 Å². The molecule has 0 aliphatic carbocycles. The number of amides is 2. The van der Waals surface area contributed by atoms with Gasteiger partial charge in [-0.25, -0.2) is 8.42 Å². The van der Waals surface area contributed by atoms with Crippen LogP contribution in [0.15, 0.2) is 109 Å². The lowest BCUT2D eigenvalue weighted by Crippen LogP contribution is -2.53. The monoisotopic (exact) mass is 613 g/mol. The molecule has 0 spiro atoms. The fraction of sp³-hybridized carbons (Fsp3) is 0.257. The second kappa shape index (κ2) is 15.2. The molecule has 1 N–H and O–H groups in total. The third-order valence-electron chi connectivity index (χ3n) is 7.28. The van der Waals surface area contributed by atoms with E-state index in [9.17, 15) is 18.0 Å². The Kier molecular flexibility index (Phi) is 11.2. The van der Waals surface area contributed by atoms with E-state index in [1.807, 2.05) is 98.8 Å². The van der Waals surface area contributed by atoms with Crippen LogP contribution in [0.1, 0.15) is 29.2 Å². The van der Waals surface area contributed by atoms with Gasteiger partial charge in [-0.3, -0.25) is 13.9 Å². The Balaban J connectivity index is 1.63. The molecule has 0 aliphatic rings. The number of likely N-dealkylation sites (N-methyl/N-ethyl adjacent to an activating group) is 1. The summed E-state index contributed by atoms with van der Waals surface area (Å²) >= 11 is 0. The molecule has 0 bridgehead atoms. The van der Waals surface area contributed by atoms with Crippen molar-refractivity contribution in [3.63, 3.8) is 0 Å². The van der Waals surface area contributed by atoms with Crippen molar-refractivity contribution in [3.8, 4) is 5.75 Å². The van der Waals surface area contributed by atoms with E-state index >= 15 is 0 Å². The van der Waals surface area contributed by atoms with Crippen LogP contribution in [0.3, 0.4) is 0 Å². The minimum atomic E-state index is -3.87. The zero-order valence-electron chi connectivity index (χ0n) is 25.3. The topological polar surface area (TPSA) is 96.0 Å². The van der Waals surface area contributed by atoms with Gasteiger partial charge >= 0.3 is 0 Å². The van der Waals surface area contributed by atoms with Crippen LogP contribution < -0.4 is 14.4 Å². The molecular formula is C35H39N3O5S. The molecule has 1 atom stereocenters. The minimum absolute atomic E-state index is 0.143. The van der Waals surface area contributed by atoms with Gasteiger partial charge in [0.2, 0.25) is 21.8 Å². The third kappa shape index (κ3) is 8.94. The highest BCUT2D eigenvalue weighted by atomic mass is 32.2. The minimum Gasteiger partial charge on any atom is -0.489 e. The van der Waals surface area contributed by atoms with E-state index in [0.717, 1.165) is 32.8 Å². The highest BCUT2D eigenvalue weighted by Gasteiger charge is 2.33. The first-order valence-corrected chi connectivity index (χ1v) is 16.4. The molecule has 0 aromatic heterocycles. The Bertz CT molecular complexity index is 1630. The highest BCUT2D eigenvalue weighted by Crippen LogP contribution is 2.24. The summed E-state index contributed by atoms with van der Waals surface area (Å²) in [6.45, 7) is 4.20. The lowest BCUT2D eigenvalue weighted by molar-refractivity contribution is -0.140. The van der Waals surface area contributed by atoms with Crippen molar-refractivity contribution < 1.29 is 22.7 Å². The smallest absolute Gasteiger partial charge is 0.244 e. The van der Waals surface area contributed by atoms with E-state index in [2.05, 4.69) is 5.32 Å². The van der Waals surface area contributed by atoms with Crippen molar-refractivity contribution in [1.82, 2.24) is 10.2 Å². The molecule has 4 aromatic carbocycles. The van der Waals surface area contributed by atoms with E-state index in [-0.39, 0.29) is 18.9 Å². The van der Waals surface area contributed by atoms with Crippen molar-refractivity contribution in [1.29, 1.82) is 0 Å². The van der Waals surface area contributed by atoms with Crippen LogP contribution >= 0.6 is 0 Å². The number of carbonyl (C=O) groups is 2. The number of nitrogens with zero attached hydrogens (tertiary/aromatic N) is 2. The highest BCUT2D eigenvalue weighted by molar-refractivity contribution is 7.92. The van der Waals surface area contributed by atoms with Crippen LogP contribution in [-0.2, 0) is 39.2 Å². The number of rotatable bonds is 14. The molecule has 0 saturated carbocycles. The second-order valence-corrected chi connectivity index (χ2v) is 12.5. The summed E-state index contributed by atoms with van der Waals surface area (Å²) < 4.78 is 33.0. The largest absolute Gasteiger partial charge is 0.489 e. The number of benzene rings is 4. The lowest BCUT2D eigenvalue weighted by Gasteiger charge is -2.33. The molecule has 0 aliphatic heterocycles. The summed E-state index contributed by atoms with van der Waals surface area (Å²) in [4.78, 5) is 29.1. The number of sulfonamides is 1. The molecule has 0 fully saturated rings. The van der Waals surface area contributed by atoms with Crippen LogP contribution in [0.25, 0.3) is 0 Å². The van der Waals surface area contributed by atoms with Crippen LogP contribution in [0.2, 0.25) is 0 Å². The Morgan fingerprint density at radius 1 is 0.818 bits per heavy atom. The molecule has 44 heavy (non-hydrogen) atoms. The number of aryl methyl sites for hydroxylation is 1. The second-order valence-electron chi connectivity index (χ2n) is 10.6. The van der Waals surface area contributed by atoms with Crippen LogP contribution in [0.5, 0.6) is 5.75 Å². The first kappa shape index (κ1) is 32.3. The quantitative estimate of drug-likeness (QED) is 0.213. The maximum Gasteiger partial charge on any atom is 0.244 e. The Labute approximate surface area is 260 Å². The number of anilines is 1. The number of nitrogens with one attached hydrogen (secondary N) is 1. The molecule has 9 heteroatoms. The summed E-state index contributed by atoms with van der Waals surface area (Å²) in [6.07, 6.45) is 1.34. The van der Waals surface area contributed by atoms with E-state index in [1.165, 1.54) is 4.90 Å². The zero-order valence-corrected chi connectivity index (χ0v) is 26.2. The van der Waals surface area contributed by atoms with Gasteiger partial charge in [-0.1, -0.05) is 84.9 Å². The summed E-state index contributed by atoms with van der Waals surface area (Å²) in [5.74, 6) is -0.225. The zero-order chi connectivity index (χ0) is 31.5. The average molecular weight is 614 g/mol. The molecule has 0 heterocycles. The molecule has 4 rings (SSSR count). The van der Waals surface area contributed by atoms with Crippen molar-refractivity contribution in [3.05, 3.63) is 131 Å². The average Bonchev–Trinajstić information content (AvgIpc) is 3.02. The number of hydrogen-bond acceptors (Lipinski definition) is 5. The maximum absolute atomic E-state index is 14.2. The molecule has 230 valence electrons. The molecule has 0 saturated heterocycles. The van der Waals surface area contributed by atoms with Gasteiger partial charge in [0.15, 0.2) is 0 Å². The van der Waals surface area contributed by atoms with Gasteiger partial charge in [-0.15, -0.1) is 0 Å². The van der Waals surface area contributed by atoms with Crippen molar-refractivity contribution in [2.45, 2.75) is 39.5 Å². The lowest BCUT2D eigenvalue weighted by atomic mass is 10.0. The molecule has 0 unspecified atom stereocenters. The Morgan fingerprint density at radius 2 is 1.41 bits per heavy atom. The van der Waals surface area contributed by atoms with Crippen LogP contribution in [0, 0.1) is 6.92 Å². The van der Waals surface area contributed by atoms with E-state index in [0.29, 0.717) is 24.6 Å². The molecule has 8 nitrogen and oxygen atoms in total. The summed E-state index contributed by atoms with van der Waals surface area (Å²) in [5, 5.41) is 2.87. The van der Waals surface area contributed by atoms with Gasteiger partial charge in [0.1, 0.15) is 24.9 Å². The fourth-order valence-corrected chi connectivity index (χ4v) is 5.73. The predicted octanol–water partition coefficient (Wildman–Crippen LogP) is 5.12. The van der Waals surface area contributed by atoms with Gasteiger partial charge in [0, 0.05) is 19.5 Å². The molecule has 0 radical (unpaired) electrons. The SMILES string of the molecule is CCNC(=O)[C@@H](Cc1ccccc1)N(Cc1ccccc1C)C(=O)CN(c1ccc(OCc2ccccc2)cc1)S(C)(=O)=O. The fourth-order valence-electron chi connectivity index (χ4n) is 4.88. The molecule has 2 amide bonds. The van der Waals surface area contributed by atoms with Gasteiger partial charge < -0.3 is 15.0 Å². The Hall–Kier alpha value is -4.63. The summed E-state index contributed by atoms with van der Waals surface area (Å²) in [5.41, 5.74) is 4.05. The maximum atomic E-state index is 14.2. The predicted molar refractivity (Wildman–Crippen MR) is 174 cm³/mol. The van der Waals surface area contributed by atoms with Gasteiger partial charge in [0.05, 0.1) is 11.9 Å². The standard InChI is InChI=1S/C35H39N3O5S/c1-4-36-35(40)33(23-28-14-7-5-8-15-28)37(24-30-18-12-11-13-27(30)2)34(39)25-38(44(3,41)42)31-19-21-32(22-20-31)43-26-29-16-9-6-10-17-29/h5-22,33H,4,23-26H2,1-3H3,(H,36,40)/t33-/m1/s1. The van der Waals surface area contributed by atoms with Crippen molar-refractivity contribution in [2.75, 3.05) is 23.7 Å². The first-order chi connectivity index (χ1) is 21.2.